The van der Waals surface area contributed by atoms with E-state index in [1.807, 2.05) is 25.1 Å². The average Bonchev–Trinajstić information content (AvgIpc) is 2.78. The molecule has 0 aliphatic heterocycles. The average molecular weight is 216 g/mol. The van der Waals surface area contributed by atoms with Gasteiger partial charge in [0, 0.05) is 11.3 Å². The Morgan fingerprint density at radius 3 is 2.75 bits per heavy atom. The third kappa shape index (κ3) is 2.69. The minimum absolute atomic E-state index is 0.122. The summed E-state index contributed by atoms with van der Waals surface area (Å²) in [6, 6.07) is 7.52. The van der Waals surface area contributed by atoms with Crippen molar-refractivity contribution in [1.29, 1.82) is 0 Å². The van der Waals surface area contributed by atoms with Gasteiger partial charge in [-0.25, -0.2) is 5.43 Å². The minimum atomic E-state index is -0.122. The Kier molecular flexibility index (Phi) is 3.34. The summed E-state index contributed by atoms with van der Waals surface area (Å²) in [7, 11) is 0. The van der Waals surface area contributed by atoms with Gasteiger partial charge in [0.25, 0.3) is 5.91 Å². The summed E-state index contributed by atoms with van der Waals surface area (Å²) in [5.74, 6) is -0.122. The van der Waals surface area contributed by atoms with Gasteiger partial charge in [0.15, 0.2) is 0 Å². The quantitative estimate of drug-likeness (QED) is 0.759. The Morgan fingerprint density at radius 1 is 1.31 bits per heavy atom. The lowest BCUT2D eigenvalue weighted by molar-refractivity contribution is 0.0954. The van der Waals surface area contributed by atoms with Crippen LogP contribution in [0.15, 0.2) is 29.4 Å². The van der Waals surface area contributed by atoms with Gasteiger partial charge in [-0.3, -0.25) is 4.79 Å². The zero-order valence-electron chi connectivity index (χ0n) is 9.49. The van der Waals surface area contributed by atoms with Crippen LogP contribution >= 0.6 is 0 Å². The number of hydrazone groups is 1. The van der Waals surface area contributed by atoms with E-state index >= 15 is 0 Å². The fraction of sp³-hybridized carbons (Fsp3) is 0.385. The summed E-state index contributed by atoms with van der Waals surface area (Å²) in [5, 5.41) is 4.15. The number of aryl methyl sites for hydroxylation is 1. The van der Waals surface area contributed by atoms with Gasteiger partial charge in [-0.2, -0.15) is 5.10 Å². The molecule has 1 amide bonds. The van der Waals surface area contributed by atoms with Crippen molar-refractivity contribution in [2.75, 3.05) is 0 Å². The van der Waals surface area contributed by atoms with E-state index in [4.69, 9.17) is 0 Å². The van der Waals surface area contributed by atoms with Gasteiger partial charge in [0.2, 0.25) is 0 Å². The molecule has 1 aromatic carbocycles. The number of hydrogen-bond donors (Lipinski definition) is 1. The van der Waals surface area contributed by atoms with E-state index in [0.29, 0.717) is 5.56 Å². The maximum absolute atomic E-state index is 11.7. The van der Waals surface area contributed by atoms with Crippen molar-refractivity contribution >= 4 is 11.6 Å². The molecule has 0 bridgehead atoms. The molecule has 1 fully saturated rings. The highest BCUT2D eigenvalue weighted by Crippen LogP contribution is 2.14. The first-order chi connectivity index (χ1) is 7.75. The molecule has 3 nitrogen and oxygen atoms in total. The monoisotopic (exact) mass is 216 g/mol. The van der Waals surface area contributed by atoms with Gasteiger partial charge < -0.3 is 0 Å². The second kappa shape index (κ2) is 4.92. The molecule has 0 radical (unpaired) electrons. The molecule has 0 unspecified atom stereocenters. The van der Waals surface area contributed by atoms with Gasteiger partial charge in [0.05, 0.1) is 0 Å². The van der Waals surface area contributed by atoms with Crippen molar-refractivity contribution in [3.05, 3.63) is 35.4 Å². The van der Waals surface area contributed by atoms with Crippen molar-refractivity contribution in [2.24, 2.45) is 5.10 Å². The van der Waals surface area contributed by atoms with E-state index in [-0.39, 0.29) is 5.91 Å². The summed E-state index contributed by atoms with van der Waals surface area (Å²) in [4.78, 5) is 11.7. The van der Waals surface area contributed by atoms with Crippen LogP contribution in [0.3, 0.4) is 0 Å². The second-order valence-electron chi connectivity index (χ2n) is 4.20. The number of carbonyl (C=O) groups excluding carboxylic acids is 1. The zero-order valence-corrected chi connectivity index (χ0v) is 9.49. The topological polar surface area (TPSA) is 41.5 Å². The lowest BCUT2D eigenvalue weighted by atomic mass is 10.1. The maximum atomic E-state index is 11.7. The normalized spacial score (nSPS) is 14.9. The van der Waals surface area contributed by atoms with Crippen LogP contribution in [0.25, 0.3) is 0 Å². The molecule has 1 saturated carbocycles. The second-order valence-corrected chi connectivity index (χ2v) is 4.20. The Balaban J connectivity index is 2.00. The first-order valence-corrected chi connectivity index (χ1v) is 5.68. The summed E-state index contributed by atoms with van der Waals surface area (Å²) in [6.45, 7) is 1.97. The lowest BCUT2D eigenvalue weighted by Crippen LogP contribution is -2.19. The van der Waals surface area contributed by atoms with Crippen LogP contribution in [0.1, 0.15) is 41.6 Å². The smallest absolute Gasteiger partial charge is 0.267 e. The van der Waals surface area contributed by atoms with Crippen LogP contribution in [0.4, 0.5) is 0 Å². The van der Waals surface area contributed by atoms with Crippen molar-refractivity contribution in [3.8, 4) is 0 Å². The van der Waals surface area contributed by atoms with Gasteiger partial charge in [-0.05, 0) is 44.7 Å². The summed E-state index contributed by atoms with van der Waals surface area (Å²) >= 11 is 0. The molecule has 2 rings (SSSR count). The molecule has 0 aromatic heterocycles. The first kappa shape index (κ1) is 10.9. The zero-order chi connectivity index (χ0) is 11.4. The fourth-order valence-electron chi connectivity index (χ4n) is 1.88. The van der Waals surface area contributed by atoms with E-state index in [0.717, 1.165) is 24.1 Å². The minimum Gasteiger partial charge on any atom is -0.267 e. The fourth-order valence-corrected chi connectivity index (χ4v) is 1.88. The molecule has 16 heavy (non-hydrogen) atoms. The SMILES string of the molecule is Cc1cccc(C(=O)NN=C2CCCC2)c1. The summed E-state index contributed by atoms with van der Waals surface area (Å²) in [6.07, 6.45) is 4.43. The number of benzene rings is 1. The Bertz CT molecular complexity index is 416. The molecular weight excluding hydrogens is 200 g/mol. The van der Waals surface area contributed by atoms with E-state index in [2.05, 4.69) is 10.5 Å². The Labute approximate surface area is 95.6 Å². The number of nitrogens with zero attached hydrogens (tertiary/aromatic N) is 1. The van der Waals surface area contributed by atoms with Crippen molar-refractivity contribution < 1.29 is 4.79 Å². The number of hydrogen-bond acceptors (Lipinski definition) is 2. The van der Waals surface area contributed by atoms with Crippen molar-refractivity contribution in [3.63, 3.8) is 0 Å². The van der Waals surface area contributed by atoms with E-state index in [1.165, 1.54) is 12.8 Å². The standard InChI is InChI=1S/C13H16N2O/c1-10-5-4-6-11(9-10)13(16)15-14-12-7-2-3-8-12/h4-6,9H,2-3,7-8H2,1H3,(H,15,16). The number of amides is 1. The van der Waals surface area contributed by atoms with Crippen LogP contribution < -0.4 is 5.43 Å². The van der Waals surface area contributed by atoms with Gasteiger partial charge in [-0.1, -0.05) is 17.7 Å². The summed E-state index contributed by atoms with van der Waals surface area (Å²) < 4.78 is 0. The first-order valence-electron chi connectivity index (χ1n) is 5.68. The predicted molar refractivity (Wildman–Crippen MR) is 64.5 cm³/mol. The molecular formula is C13H16N2O. The molecule has 0 spiro atoms. The van der Waals surface area contributed by atoms with Crippen molar-refractivity contribution in [2.45, 2.75) is 32.6 Å². The molecule has 84 valence electrons. The van der Waals surface area contributed by atoms with E-state index in [1.54, 1.807) is 6.07 Å². The predicted octanol–water partition coefficient (Wildman–Crippen LogP) is 2.65. The van der Waals surface area contributed by atoms with Gasteiger partial charge in [0.1, 0.15) is 0 Å². The van der Waals surface area contributed by atoms with Gasteiger partial charge >= 0.3 is 0 Å². The molecule has 1 aromatic rings. The van der Waals surface area contributed by atoms with Gasteiger partial charge in [-0.15, -0.1) is 0 Å². The molecule has 1 aliphatic rings. The highest BCUT2D eigenvalue weighted by Gasteiger charge is 2.09. The van der Waals surface area contributed by atoms with E-state index < -0.39 is 0 Å². The molecule has 0 heterocycles. The number of carbonyl (C=O) groups is 1. The van der Waals surface area contributed by atoms with Crippen LogP contribution in [0, 0.1) is 6.92 Å². The van der Waals surface area contributed by atoms with Crippen LogP contribution in [0.2, 0.25) is 0 Å². The number of nitrogens with one attached hydrogen (secondary N) is 1. The van der Waals surface area contributed by atoms with E-state index in [9.17, 15) is 4.79 Å². The highest BCUT2D eigenvalue weighted by atomic mass is 16.2. The van der Waals surface area contributed by atoms with Crippen LogP contribution in [-0.2, 0) is 0 Å². The van der Waals surface area contributed by atoms with Crippen molar-refractivity contribution in [1.82, 2.24) is 5.43 Å². The molecule has 1 N–H and O–H groups in total. The maximum Gasteiger partial charge on any atom is 0.271 e. The highest BCUT2D eigenvalue weighted by molar-refractivity contribution is 5.95. The number of rotatable bonds is 2. The molecule has 0 saturated heterocycles. The summed E-state index contributed by atoms with van der Waals surface area (Å²) in [5.41, 5.74) is 5.48. The molecule has 1 aliphatic carbocycles. The Hall–Kier alpha value is -1.64. The molecule has 0 atom stereocenters. The Morgan fingerprint density at radius 2 is 2.06 bits per heavy atom. The largest absolute Gasteiger partial charge is 0.271 e. The third-order valence-corrected chi connectivity index (χ3v) is 2.78. The van der Waals surface area contributed by atoms with Crippen LogP contribution in [-0.4, -0.2) is 11.6 Å². The third-order valence-electron chi connectivity index (χ3n) is 2.78. The lowest BCUT2D eigenvalue weighted by Gasteiger charge is -2.02. The van der Waals surface area contributed by atoms with Crippen LogP contribution in [0.5, 0.6) is 0 Å². The molecule has 3 heteroatoms.